The van der Waals surface area contributed by atoms with Gasteiger partial charge in [-0.05, 0) is 42.7 Å². The third-order valence-electron chi connectivity index (χ3n) is 4.75. The van der Waals surface area contributed by atoms with Gasteiger partial charge in [0.2, 0.25) is 5.95 Å². The monoisotopic (exact) mass is 379 g/mol. The number of amides is 1. The molecule has 0 unspecified atom stereocenters. The van der Waals surface area contributed by atoms with Crippen LogP contribution in [0.4, 0.5) is 5.95 Å². The largest absolute Gasteiger partial charge is 0.368 e. The fourth-order valence-corrected chi connectivity index (χ4v) is 3.60. The average Bonchev–Trinajstić information content (AvgIpc) is 3.18. The molecule has 1 aromatic carbocycles. The van der Waals surface area contributed by atoms with E-state index in [-0.39, 0.29) is 17.9 Å². The molecule has 1 amide bonds. The van der Waals surface area contributed by atoms with E-state index in [9.17, 15) is 4.79 Å². The van der Waals surface area contributed by atoms with Crippen LogP contribution in [0.3, 0.4) is 0 Å². The van der Waals surface area contributed by atoms with Crippen LogP contribution < -0.4 is 5.73 Å². The molecule has 7 heteroatoms. The summed E-state index contributed by atoms with van der Waals surface area (Å²) in [6.45, 7) is 0.676. The number of aromatic nitrogens is 3. The van der Waals surface area contributed by atoms with Gasteiger partial charge in [0.1, 0.15) is 0 Å². The van der Waals surface area contributed by atoms with Crippen LogP contribution in [0.5, 0.6) is 0 Å². The smallest absolute Gasteiger partial charge is 0.254 e. The molecular weight excluding hydrogens is 362 g/mol. The van der Waals surface area contributed by atoms with Gasteiger partial charge in [-0.15, -0.1) is 0 Å². The summed E-state index contributed by atoms with van der Waals surface area (Å²) in [6.07, 6.45) is 6.70. The lowest BCUT2D eigenvalue weighted by atomic mass is 9.99. The molecule has 4 rings (SSSR count). The number of anilines is 1. The Kier molecular flexibility index (Phi) is 4.73. The van der Waals surface area contributed by atoms with Crippen molar-refractivity contribution in [1.82, 2.24) is 19.9 Å². The molecule has 0 bridgehead atoms. The summed E-state index contributed by atoms with van der Waals surface area (Å²) >= 11 is 6.01. The lowest BCUT2D eigenvalue weighted by Gasteiger charge is -2.26. The number of rotatable bonds is 3. The predicted molar refractivity (Wildman–Crippen MR) is 104 cm³/mol. The third kappa shape index (κ3) is 3.48. The number of hydrogen-bond acceptors (Lipinski definition) is 5. The molecule has 2 aromatic heterocycles. The first-order valence-corrected chi connectivity index (χ1v) is 9.10. The molecule has 6 nitrogen and oxygen atoms in total. The van der Waals surface area contributed by atoms with Gasteiger partial charge in [0, 0.05) is 41.3 Å². The molecule has 0 radical (unpaired) electrons. The highest BCUT2D eigenvalue weighted by Gasteiger charge is 2.33. The lowest BCUT2D eigenvalue weighted by molar-refractivity contribution is 0.0733. The number of halogens is 1. The summed E-state index contributed by atoms with van der Waals surface area (Å²) in [4.78, 5) is 27.5. The van der Waals surface area contributed by atoms with Gasteiger partial charge < -0.3 is 10.6 Å². The Morgan fingerprint density at radius 3 is 2.63 bits per heavy atom. The number of carbonyl (C=O) groups is 1. The van der Waals surface area contributed by atoms with Crippen molar-refractivity contribution in [2.45, 2.75) is 18.9 Å². The Bertz CT molecular complexity index is 962. The first-order chi connectivity index (χ1) is 13.1. The Labute approximate surface area is 162 Å². The molecule has 136 valence electrons. The molecule has 27 heavy (non-hydrogen) atoms. The lowest BCUT2D eigenvalue weighted by Crippen LogP contribution is -2.31. The van der Waals surface area contributed by atoms with Crippen LogP contribution >= 0.6 is 11.6 Å². The van der Waals surface area contributed by atoms with E-state index in [1.54, 1.807) is 30.7 Å². The van der Waals surface area contributed by atoms with Gasteiger partial charge >= 0.3 is 0 Å². The van der Waals surface area contributed by atoms with Crippen LogP contribution in [0.2, 0.25) is 5.02 Å². The van der Waals surface area contributed by atoms with Gasteiger partial charge in [-0.2, -0.15) is 0 Å². The SMILES string of the molecule is Nc1ncc(-c2ccc(Cl)cc2)c([C@@H]2CCCN2C(=O)c2ccncc2)n1. The number of likely N-dealkylation sites (tertiary alicyclic amines) is 1. The summed E-state index contributed by atoms with van der Waals surface area (Å²) in [5.41, 5.74) is 9.06. The molecule has 0 aliphatic carbocycles. The molecule has 1 aliphatic rings. The summed E-state index contributed by atoms with van der Waals surface area (Å²) in [5, 5.41) is 0.659. The van der Waals surface area contributed by atoms with Gasteiger partial charge in [0.25, 0.3) is 5.91 Å². The number of carbonyl (C=O) groups excluding carboxylic acids is 1. The number of benzene rings is 1. The summed E-state index contributed by atoms with van der Waals surface area (Å²) in [7, 11) is 0. The quantitative estimate of drug-likeness (QED) is 0.749. The minimum absolute atomic E-state index is 0.0286. The Morgan fingerprint density at radius 2 is 1.89 bits per heavy atom. The van der Waals surface area contributed by atoms with Gasteiger partial charge in [-0.25, -0.2) is 9.97 Å². The van der Waals surface area contributed by atoms with Gasteiger partial charge in [0.05, 0.1) is 11.7 Å². The van der Waals surface area contributed by atoms with Crippen molar-refractivity contribution in [2.24, 2.45) is 0 Å². The molecule has 1 atom stereocenters. The van der Waals surface area contributed by atoms with E-state index < -0.39 is 0 Å². The maximum Gasteiger partial charge on any atom is 0.254 e. The zero-order chi connectivity index (χ0) is 18.8. The van der Waals surface area contributed by atoms with Crippen LogP contribution in [0.15, 0.2) is 55.0 Å². The second-order valence-electron chi connectivity index (χ2n) is 6.43. The zero-order valence-electron chi connectivity index (χ0n) is 14.5. The van der Waals surface area contributed by atoms with E-state index in [1.807, 2.05) is 29.2 Å². The second-order valence-corrected chi connectivity index (χ2v) is 6.86. The first kappa shape index (κ1) is 17.4. The van der Waals surface area contributed by atoms with Crippen LogP contribution in [0, 0.1) is 0 Å². The molecule has 2 N–H and O–H groups in total. The van der Waals surface area contributed by atoms with E-state index in [4.69, 9.17) is 17.3 Å². The van der Waals surface area contributed by atoms with Crippen LogP contribution in [-0.2, 0) is 0 Å². The normalized spacial score (nSPS) is 16.5. The molecule has 0 spiro atoms. The molecule has 1 fully saturated rings. The highest BCUT2D eigenvalue weighted by atomic mass is 35.5. The standard InChI is InChI=1S/C20H18ClN5O/c21-15-5-3-13(4-6-15)16-12-24-20(22)25-18(16)17-2-1-11-26(17)19(27)14-7-9-23-10-8-14/h3-10,12,17H,1-2,11H2,(H2,22,24,25)/t17-/m0/s1. The van der Waals surface area contributed by atoms with Gasteiger partial charge in [-0.3, -0.25) is 9.78 Å². The fourth-order valence-electron chi connectivity index (χ4n) is 3.47. The average molecular weight is 380 g/mol. The minimum Gasteiger partial charge on any atom is -0.368 e. The Hall–Kier alpha value is -2.99. The molecule has 0 saturated carbocycles. The summed E-state index contributed by atoms with van der Waals surface area (Å²) in [6, 6.07) is 10.8. The van der Waals surface area contributed by atoms with Crippen molar-refractivity contribution in [3.63, 3.8) is 0 Å². The van der Waals surface area contributed by atoms with Crippen LogP contribution in [0.1, 0.15) is 34.9 Å². The van der Waals surface area contributed by atoms with E-state index in [2.05, 4.69) is 15.0 Å². The molecule has 1 saturated heterocycles. The number of nitrogen functional groups attached to an aromatic ring is 1. The fraction of sp³-hybridized carbons (Fsp3) is 0.200. The maximum absolute atomic E-state index is 13.0. The van der Waals surface area contributed by atoms with Crippen molar-refractivity contribution in [3.05, 3.63) is 71.3 Å². The topological polar surface area (TPSA) is 85.0 Å². The van der Waals surface area contributed by atoms with Gasteiger partial charge in [-0.1, -0.05) is 23.7 Å². The maximum atomic E-state index is 13.0. The number of nitrogens with two attached hydrogens (primary N) is 1. The van der Waals surface area contributed by atoms with Crippen molar-refractivity contribution in [2.75, 3.05) is 12.3 Å². The number of hydrogen-bond donors (Lipinski definition) is 1. The number of pyridine rings is 1. The molecule has 1 aliphatic heterocycles. The molecular formula is C20H18ClN5O. The number of nitrogens with zero attached hydrogens (tertiary/aromatic N) is 4. The van der Waals surface area contributed by atoms with Crippen molar-refractivity contribution in [3.8, 4) is 11.1 Å². The van der Waals surface area contributed by atoms with Crippen LogP contribution in [0.25, 0.3) is 11.1 Å². The third-order valence-corrected chi connectivity index (χ3v) is 5.00. The minimum atomic E-state index is -0.151. The van der Waals surface area contributed by atoms with E-state index in [1.165, 1.54) is 0 Å². The first-order valence-electron chi connectivity index (χ1n) is 8.73. The van der Waals surface area contributed by atoms with E-state index in [0.29, 0.717) is 17.1 Å². The summed E-state index contributed by atoms with van der Waals surface area (Å²) in [5.74, 6) is 0.171. The van der Waals surface area contributed by atoms with E-state index >= 15 is 0 Å². The highest BCUT2D eigenvalue weighted by molar-refractivity contribution is 6.30. The Morgan fingerprint density at radius 1 is 1.15 bits per heavy atom. The zero-order valence-corrected chi connectivity index (χ0v) is 15.3. The van der Waals surface area contributed by atoms with E-state index in [0.717, 1.165) is 29.7 Å². The summed E-state index contributed by atoms with van der Waals surface area (Å²) < 4.78 is 0. The van der Waals surface area contributed by atoms with Crippen LogP contribution in [-0.4, -0.2) is 32.3 Å². The molecule has 3 heterocycles. The second kappa shape index (κ2) is 7.32. The predicted octanol–water partition coefficient (Wildman–Crippen LogP) is 3.75. The molecule has 3 aromatic rings. The Balaban J connectivity index is 1.74. The van der Waals surface area contributed by atoms with Crippen molar-refractivity contribution >= 4 is 23.5 Å². The van der Waals surface area contributed by atoms with Crippen molar-refractivity contribution < 1.29 is 4.79 Å². The van der Waals surface area contributed by atoms with Crippen molar-refractivity contribution in [1.29, 1.82) is 0 Å². The highest BCUT2D eigenvalue weighted by Crippen LogP contribution is 2.37. The van der Waals surface area contributed by atoms with Gasteiger partial charge in [0.15, 0.2) is 0 Å².